The Labute approximate surface area is 173 Å². The van der Waals surface area contributed by atoms with Gasteiger partial charge in [-0.1, -0.05) is 33.3 Å². The zero-order valence-electron chi connectivity index (χ0n) is 18.0. The van der Waals surface area contributed by atoms with Gasteiger partial charge >= 0.3 is 0 Å². The molecule has 0 radical (unpaired) electrons. The number of allylic oxidation sites excluding steroid dienone is 1. The Bertz CT molecular complexity index is 661. The van der Waals surface area contributed by atoms with Crippen LogP contribution in [-0.2, 0) is 11.0 Å². The molecule has 5 nitrogen and oxygen atoms in total. The number of fused-ring (bicyclic) bond motifs is 1. The molecule has 0 saturated heterocycles. The summed E-state index contributed by atoms with van der Waals surface area (Å²) >= 11 is 0. The lowest BCUT2D eigenvalue weighted by atomic mass is 10.1. The Hall–Kier alpha value is -1.82. The Kier molecular flexibility index (Phi) is 10.9. The van der Waals surface area contributed by atoms with Gasteiger partial charge in [0.05, 0.1) is 12.3 Å². The average molecular weight is 409 g/mol. The Balaban J connectivity index is 0.00000190. The number of unbranched alkanes of at least 4 members (excludes halogenated alkanes) is 1. The van der Waals surface area contributed by atoms with Crippen LogP contribution in [0, 0.1) is 5.92 Å². The average Bonchev–Trinajstić information content (AvgIpc) is 2.87. The number of benzene rings is 1. The van der Waals surface area contributed by atoms with E-state index in [-0.39, 0.29) is 11.2 Å². The standard InChI is InChI=1S/C20H30N2O3S.C2H6/c1-5-7-11-22-13-16(8-6-2)14-25-19-10-9-17(12-18(19)22)20(23)21-26(24)15(3)4;1-2/h6,9-10,12,15-16H,2,5,7-8,11,13-14H2,1,3-4H3,(H,21,23);1-2H3. The van der Waals surface area contributed by atoms with Crippen molar-refractivity contribution in [1.29, 1.82) is 0 Å². The van der Waals surface area contributed by atoms with Gasteiger partial charge in [0.1, 0.15) is 16.7 Å². The Morgan fingerprint density at radius 1 is 1.43 bits per heavy atom. The normalized spacial score (nSPS) is 16.8. The predicted octanol–water partition coefficient (Wildman–Crippen LogP) is 4.71. The fraction of sp³-hybridized carbons (Fsp3) is 0.591. The van der Waals surface area contributed by atoms with E-state index in [0.29, 0.717) is 18.1 Å². The zero-order chi connectivity index (χ0) is 21.1. The molecule has 158 valence electrons. The minimum atomic E-state index is -1.38. The molecule has 1 aliphatic heterocycles. The van der Waals surface area contributed by atoms with Crippen LogP contribution in [0.4, 0.5) is 5.69 Å². The second-order valence-corrected chi connectivity index (χ2v) is 8.70. The van der Waals surface area contributed by atoms with E-state index >= 15 is 0 Å². The van der Waals surface area contributed by atoms with Crippen LogP contribution in [0.25, 0.3) is 0 Å². The quantitative estimate of drug-likeness (QED) is 0.633. The summed E-state index contributed by atoms with van der Waals surface area (Å²) in [6.45, 7) is 16.1. The highest BCUT2D eigenvalue weighted by molar-refractivity contribution is 7.84. The molecule has 1 N–H and O–H groups in total. The molecule has 0 bridgehead atoms. The number of carbonyl (C=O) groups is 1. The van der Waals surface area contributed by atoms with Gasteiger partial charge in [0, 0.05) is 29.8 Å². The molecular formula is C22H36N2O3S. The van der Waals surface area contributed by atoms with Gasteiger partial charge in [-0.2, -0.15) is 0 Å². The number of carbonyl (C=O) groups excluding carboxylic acids is 1. The predicted molar refractivity (Wildman–Crippen MR) is 119 cm³/mol. The summed E-state index contributed by atoms with van der Waals surface area (Å²) in [4.78, 5) is 14.7. The van der Waals surface area contributed by atoms with E-state index in [0.717, 1.165) is 43.8 Å². The molecule has 0 spiro atoms. The third-order valence-corrected chi connectivity index (χ3v) is 5.66. The van der Waals surface area contributed by atoms with Crippen molar-refractivity contribution in [2.24, 2.45) is 5.92 Å². The third kappa shape index (κ3) is 6.97. The highest BCUT2D eigenvalue weighted by atomic mass is 32.2. The first kappa shape index (κ1) is 24.2. The summed E-state index contributed by atoms with van der Waals surface area (Å²) in [5.74, 6) is 0.860. The zero-order valence-corrected chi connectivity index (χ0v) is 18.8. The monoisotopic (exact) mass is 408 g/mol. The van der Waals surface area contributed by atoms with Crippen molar-refractivity contribution in [1.82, 2.24) is 4.72 Å². The minimum Gasteiger partial charge on any atom is -0.491 e. The van der Waals surface area contributed by atoms with Crippen LogP contribution in [0.15, 0.2) is 30.9 Å². The van der Waals surface area contributed by atoms with E-state index in [1.54, 1.807) is 6.07 Å². The summed E-state index contributed by atoms with van der Waals surface area (Å²) in [5, 5.41) is -0.121. The maximum absolute atomic E-state index is 12.4. The van der Waals surface area contributed by atoms with Crippen LogP contribution in [0.3, 0.4) is 0 Å². The van der Waals surface area contributed by atoms with Gasteiger partial charge < -0.3 is 9.64 Å². The molecule has 2 atom stereocenters. The van der Waals surface area contributed by atoms with E-state index in [2.05, 4.69) is 23.1 Å². The summed E-state index contributed by atoms with van der Waals surface area (Å²) in [6.07, 6.45) is 5.01. The molecule has 1 amide bonds. The molecule has 2 unspecified atom stereocenters. The molecule has 2 rings (SSSR count). The number of ether oxygens (including phenoxy) is 1. The van der Waals surface area contributed by atoms with Crippen LogP contribution in [-0.4, -0.2) is 35.1 Å². The second kappa shape index (κ2) is 12.6. The molecular weight excluding hydrogens is 372 g/mol. The van der Waals surface area contributed by atoms with Gasteiger partial charge in [0.2, 0.25) is 0 Å². The molecule has 28 heavy (non-hydrogen) atoms. The van der Waals surface area contributed by atoms with E-state index < -0.39 is 11.0 Å². The fourth-order valence-corrected chi connectivity index (χ4v) is 3.44. The van der Waals surface area contributed by atoms with Crippen molar-refractivity contribution in [3.63, 3.8) is 0 Å². The maximum Gasteiger partial charge on any atom is 0.263 e. The molecule has 1 heterocycles. The summed E-state index contributed by atoms with van der Waals surface area (Å²) in [7, 11) is -1.38. The first-order valence-electron chi connectivity index (χ1n) is 10.3. The molecule has 0 fully saturated rings. The van der Waals surface area contributed by atoms with E-state index in [4.69, 9.17) is 4.74 Å². The van der Waals surface area contributed by atoms with Crippen molar-refractivity contribution in [2.45, 2.75) is 59.1 Å². The lowest BCUT2D eigenvalue weighted by Crippen LogP contribution is -2.32. The first-order valence-corrected chi connectivity index (χ1v) is 11.5. The molecule has 1 aliphatic rings. The van der Waals surface area contributed by atoms with Gasteiger partial charge in [-0.15, -0.1) is 6.58 Å². The van der Waals surface area contributed by atoms with Crippen LogP contribution in [0.5, 0.6) is 5.75 Å². The first-order chi connectivity index (χ1) is 13.5. The SMILES string of the molecule is C=CCC1COc2ccc(C(=O)NS(=O)C(C)C)cc2N(CCCC)C1.CC. The molecule has 0 saturated carbocycles. The molecule has 1 aromatic rings. The topological polar surface area (TPSA) is 58.6 Å². The highest BCUT2D eigenvalue weighted by Crippen LogP contribution is 2.34. The summed E-state index contributed by atoms with van der Waals surface area (Å²) in [6, 6.07) is 5.43. The lowest BCUT2D eigenvalue weighted by Gasteiger charge is -2.26. The minimum absolute atomic E-state index is 0.121. The summed E-state index contributed by atoms with van der Waals surface area (Å²) < 4.78 is 20.5. The van der Waals surface area contributed by atoms with Gasteiger partial charge in [0.25, 0.3) is 5.91 Å². The van der Waals surface area contributed by atoms with E-state index in [1.807, 2.05) is 45.9 Å². The van der Waals surface area contributed by atoms with Gasteiger partial charge in [0.15, 0.2) is 0 Å². The van der Waals surface area contributed by atoms with Gasteiger partial charge in [-0.05, 0) is 44.9 Å². The van der Waals surface area contributed by atoms with Crippen LogP contribution < -0.4 is 14.4 Å². The van der Waals surface area contributed by atoms with Crippen LogP contribution >= 0.6 is 0 Å². The fourth-order valence-electron chi connectivity index (χ4n) is 2.91. The number of nitrogens with one attached hydrogen (secondary N) is 1. The second-order valence-electron chi connectivity index (χ2n) is 6.96. The van der Waals surface area contributed by atoms with E-state index in [9.17, 15) is 9.00 Å². The van der Waals surface area contributed by atoms with Gasteiger partial charge in [-0.25, -0.2) is 4.21 Å². The Morgan fingerprint density at radius 3 is 2.75 bits per heavy atom. The third-order valence-electron chi connectivity index (χ3n) is 4.42. The van der Waals surface area contributed by atoms with Crippen molar-refractivity contribution < 1.29 is 13.7 Å². The molecule has 0 aromatic heterocycles. The van der Waals surface area contributed by atoms with Crippen LogP contribution in [0.2, 0.25) is 0 Å². The van der Waals surface area contributed by atoms with Crippen molar-refractivity contribution in [2.75, 3.05) is 24.6 Å². The number of nitrogens with zero attached hydrogens (tertiary/aromatic N) is 1. The van der Waals surface area contributed by atoms with Crippen molar-refractivity contribution in [3.8, 4) is 5.75 Å². The van der Waals surface area contributed by atoms with Crippen LogP contribution in [0.1, 0.15) is 64.2 Å². The maximum atomic E-state index is 12.4. The van der Waals surface area contributed by atoms with Crippen molar-refractivity contribution in [3.05, 3.63) is 36.4 Å². The number of anilines is 1. The smallest absolute Gasteiger partial charge is 0.263 e. The van der Waals surface area contributed by atoms with Crippen molar-refractivity contribution >= 4 is 22.6 Å². The number of hydrogen-bond acceptors (Lipinski definition) is 4. The lowest BCUT2D eigenvalue weighted by molar-refractivity contribution is 0.0982. The largest absolute Gasteiger partial charge is 0.491 e. The summed E-state index contributed by atoms with van der Waals surface area (Å²) in [5.41, 5.74) is 1.44. The number of hydrogen-bond donors (Lipinski definition) is 1. The number of amides is 1. The Morgan fingerprint density at radius 2 is 2.14 bits per heavy atom. The highest BCUT2D eigenvalue weighted by Gasteiger charge is 2.24. The van der Waals surface area contributed by atoms with E-state index in [1.165, 1.54) is 0 Å². The molecule has 6 heteroatoms. The molecule has 0 aliphatic carbocycles. The molecule has 1 aromatic carbocycles. The van der Waals surface area contributed by atoms with Gasteiger partial charge in [-0.3, -0.25) is 9.52 Å². The number of rotatable bonds is 8.